The van der Waals surface area contributed by atoms with E-state index in [1.165, 1.54) is 96.3 Å². The van der Waals surface area contributed by atoms with Crippen molar-refractivity contribution in [1.82, 2.24) is 0 Å². The van der Waals surface area contributed by atoms with E-state index in [1.807, 2.05) is 0 Å². The van der Waals surface area contributed by atoms with Gasteiger partial charge in [-0.25, -0.2) is 4.57 Å². The van der Waals surface area contributed by atoms with Gasteiger partial charge in [0.1, 0.15) is 12.7 Å². The number of unbranched alkanes of at least 4 members (excludes halogenated alkanes) is 26. The highest BCUT2D eigenvalue weighted by Crippen LogP contribution is 2.43. The number of esters is 3. The summed E-state index contributed by atoms with van der Waals surface area (Å²) in [6.45, 7) is 4.49. The number of aliphatic hydroxyl groups excluding tert-OH is 1. The summed E-state index contributed by atoms with van der Waals surface area (Å²) < 4.78 is 39.4. The van der Waals surface area contributed by atoms with Crippen LogP contribution in [0.15, 0.2) is 48.6 Å². The maximum atomic E-state index is 12.9. The molecule has 0 bridgehead atoms. The van der Waals surface area contributed by atoms with Gasteiger partial charge in [0, 0.05) is 19.3 Å². The fourth-order valence-corrected chi connectivity index (χ4v) is 8.33. The second-order valence-electron chi connectivity index (χ2n) is 18.4. The van der Waals surface area contributed by atoms with E-state index in [9.17, 15) is 28.9 Å². The van der Waals surface area contributed by atoms with E-state index in [4.69, 9.17) is 23.3 Å². The summed E-state index contributed by atoms with van der Waals surface area (Å²) in [7, 11) is -4.75. The monoisotopic (exact) mass is 981 g/mol. The van der Waals surface area contributed by atoms with Gasteiger partial charge in [0.05, 0.1) is 19.8 Å². The molecule has 2 N–H and O–H groups in total. The average Bonchev–Trinajstić information content (AvgIpc) is 3.32. The van der Waals surface area contributed by atoms with Crippen molar-refractivity contribution in [2.45, 2.75) is 264 Å². The van der Waals surface area contributed by atoms with Crippen molar-refractivity contribution in [3.63, 3.8) is 0 Å². The third-order valence-corrected chi connectivity index (χ3v) is 12.7. The molecule has 0 radical (unpaired) electrons. The quantitative estimate of drug-likeness (QED) is 0.0197. The minimum atomic E-state index is -4.75. The molecule has 12 heteroatoms. The molecule has 0 aliphatic carbocycles. The molecule has 3 atom stereocenters. The highest BCUT2D eigenvalue weighted by Gasteiger charge is 2.28. The van der Waals surface area contributed by atoms with Crippen molar-refractivity contribution in [1.29, 1.82) is 0 Å². The number of phosphoric ester groups is 1. The number of carbonyl (C=O) groups is 3. The van der Waals surface area contributed by atoms with Crippen LogP contribution in [0.4, 0.5) is 0 Å². The molecule has 396 valence electrons. The number of ether oxygens (including phenoxy) is 3. The summed E-state index contributed by atoms with van der Waals surface area (Å²) in [4.78, 5) is 48.4. The third kappa shape index (κ3) is 48.5. The van der Waals surface area contributed by atoms with E-state index < -0.39 is 57.8 Å². The Bertz CT molecular complexity index is 1330. The maximum absolute atomic E-state index is 12.9. The zero-order valence-electron chi connectivity index (χ0n) is 43.6. The topological polar surface area (TPSA) is 155 Å². The molecule has 0 aromatic carbocycles. The number of carbonyl (C=O) groups excluding carboxylic acids is 3. The van der Waals surface area contributed by atoms with E-state index in [0.717, 1.165) is 96.3 Å². The van der Waals surface area contributed by atoms with Gasteiger partial charge in [-0.2, -0.15) is 0 Å². The van der Waals surface area contributed by atoms with Gasteiger partial charge in [0.2, 0.25) is 0 Å². The zero-order valence-corrected chi connectivity index (χ0v) is 44.5. The van der Waals surface area contributed by atoms with Gasteiger partial charge in [-0.05, 0) is 77.0 Å². The molecule has 0 aromatic heterocycles. The lowest BCUT2D eigenvalue weighted by Crippen LogP contribution is -2.30. The Kier molecular flexibility index (Phi) is 48.9. The van der Waals surface area contributed by atoms with Gasteiger partial charge in [-0.15, -0.1) is 0 Å². The molecule has 0 amide bonds. The summed E-state index contributed by atoms with van der Waals surface area (Å²) >= 11 is 0. The molecule has 3 unspecified atom stereocenters. The van der Waals surface area contributed by atoms with Crippen LogP contribution in [0.25, 0.3) is 0 Å². The molecule has 68 heavy (non-hydrogen) atoms. The molecular weight excluding hydrogens is 880 g/mol. The molecule has 0 aliphatic rings. The average molecular weight is 981 g/mol. The standard InChI is InChI=1S/C56H101O11P/c1-4-7-10-13-16-19-22-25-26-29-30-33-36-39-42-45-54(58)63-49-53(67-56(60)47-44-41-38-35-32-28-24-21-18-15-12-9-6-3)51-65-68(61,62)64-50-52(48-57)66-55(59)46-43-40-37-34-31-27-23-20-17-14-11-8-5-2/h9,12,18,21,25-26,28,32,52-53,57H,4-8,10-11,13-17,19-20,22-24,27,29-31,33-51H2,1-3H3,(H,61,62)/b12-9-,21-18-,26-25-,32-28-. The first-order valence-electron chi connectivity index (χ1n) is 27.5. The van der Waals surface area contributed by atoms with E-state index in [-0.39, 0.29) is 25.9 Å². The summed E-state index contributed by atoms with van der Waals surface area (Å²) in [5.74, 6) is -1.50. The van der Waals surface area contributed by atoms with Crippen LogP contribution in [0.3, 0.4) is 0 Å². The van der Waals surface area contributed by atoms with Crippen LogP contribution >= 0.6 is 7.82 Å². The van der Waals surface area contributed by atoms with Crippen molar-refractivity contribution >= 4 is 25.7 Å². The number of hydrogen-bond donors (Lipinski definition) is 2. The molecule has 0 heterocycles. The number of aliphatic hydroxyl groups is 1. The molecule has 11 nitrogen and oxygen atoms in total. The van der Waals surface area contributed by atoms with Crippen LogP contribution in [-0.4, -0.2) is 66.5 Å². The first kappa shape index (κ1) is 65.4. The minimum Gasteiger partial charge on any atom is -0.462 e. The lowest BCUT2D eigenvalue weighted by molar-refractivity contribution is -0.161. The van der Waals surface area contributed by atoms with E-state index >= 15 is 0 Å². The molecule has 0 aromatic rings. The molecule has 0 spiro atoms. The molecule has 0 fully saturated rings. The summed E-state index contributed by atoms with van der Waals surface area (Å²) in [6.07, 6.45) is 52.2. The fraction of sp³-hybridized carbons (Fsp3) is 0.804. The molecule has 0 aliphatic heterocycles. The Morgan fingerprint density at radius 2 is 0.765 bits per heavy atom. The largest absolute Gasteiger partial charge is 0.472 e. The summed E-state index contributed by atoms with van der Waals surface area (Å²) in [5.41, 5.74) is 0. The van der Waals surface area contributed by atoms with Crippen molar-refractivity contribution in [3.8, 4) is 0 Å². The van der Waals surface area contributed by atoms with Crippen LogP contribution in [0, 0.1) is 0 Å². The van der Waals surface area contributed by atoms with Gasteiger partial charge >= 0.3 is 25.7 Å². The zero-order chi connectivity index (χ0) is 49.9. The first-order chi connectivity index (χ1) is 33.2. The molecule has 0 saturated carbocycles. The Hall–Kier alpha value is -2.56. The lowest BCUT2D eigenvalue weighted by Gasteiger charge is -2.21. The predicted molar refractivity (Wildman–Crippen MR) is 279 cm³/mol. The van der Waals surface area contributed by atoms with Gasteiger partial charge in [0.25, 0.3) is 0 Å². The smallest absolute Gasteiger partial charge is 0.462 e. The van der Waals surface area contributed by atoms with Crippen LogP contribution < -0.4 is 0 Å². The Labute approximate surface area is 415 Å². The van der Waals surface area contributed by atoms with Crippen molar-refractivity contribution < 1.29 is 52.2 Å². The number of rotatable bonds is 51. The maximum Gasteiger partial charge on any atom is 0.472 e. The minimum absolute atomic E-state index is 0.132. The SMILES string of the molecule is CC/C=C\C/C=C\C/C=C\CCCCCC(=O)OC(COC(=O)CCCCCCC/C=C\CCCCCCCC)COP(=O)(O)OCC(CO)OC(=O)CCCCCCCCCCCCCCC. The summed E-state index contributed by atoms with van der Waals surface area (Å²) in [5, 5.41) is 9.79. The highest BCUT2D eigenvalue weighted by molar-refractivity contribution is 7.47. The van der Waals surface area contributed by atoms with Gasteiger partial charge < -0.3 is 24.2 Å². The lowest BCUT2D eigenvalue weighted by atomic mass is 10.0. The first-order valence-corrected chi connectivity index (χ1v) is 29.0. The van der Waals surface area contributed by atoms with Gasteiger partial charge in [-0.1, -0.05) is 204 Å². The number of hydrogen-bond acceptors (Lipinski definition) is 10. The normalized spacial score (nSPS) is 13.8. The molecule has 0 rings (SSSR count). The van der Waals surface area contributed by atoms with E-state index in [0.29, 0.717) is 19.3 Å². The predicted octanol–water partition coefficient (Wildman–Crippen LogP) is 15.8. The Balaban J connectivity index is 4.75. The van der Waals surface area contributed by atoms with Crippen LogP contribution in [0.5, 0.6) is 0 Å². The Morgan fingerprint density at radius 3 is 1.21 bits per heavy atom. The third-order valence-electron chi connectivity index (χ3n) is 11.7. The van der Waals surface area contributed by atoms with E-state index in [2.05, 4.69) is 69.4 Å². The molecule has 0 saturated heterocycles. The number of phosphoric acid groups is 1. The highest BCUT2D eigenvalue weighted by atomic mass is 31.2. The second-order valence-corrected chi connectivity index (χ2v) is 19.8. The van der Waals surface area contributed by atoms with E-state index in [1.54, 1.807) is 0 Å². The van der Waals surface area contributed by atoms with Gasteiger partial charge in [0.15, 0.2) is 6.10 Å². The van der Waals surface area contributed by atoms with Crippen LogP contribution in [0.2, 0.25) is 0 Å². The van der Waals surface area contributed by atoms with Crippen LogP contribution in [0.1, 0.15) is 252 Å². The fourth-order valence-electron chi connectivity index (χ4n) is 7.54. The van der Waals surface area contributed by atoms with Crippen molar-refractivity contribution in [2.75, 3.05) is 26.4 Å². The van der Waals surface area contributed by atoms with Crippen LogP contribution in [-0.2, 0) is 42.2 Å². The second kappa shape index (κ2) is 50.8. The van der Waals surface area contributed by atoms with Crippen molar-refractivity contribution in [2.24, 2.45) is 0 Å². The van der Waals surface area contributed by atoms with Gasteiger partial charge in [-0.3, -0.25) is 23.4 Å². The van der Waals surface area contributed by atoms with Crippen molar-refractivity contribution in [3.05, 3.63) is 48.6 Å². The summed E-state index contributed by atoms with van der Waals surface area (Å²) in [6, 6.07) is 0. The Morgan fingerprint density at radius 1 is 0.426 bits per heavy atom. The number of allylic oxidation sites excluding steroid dienone is 8. The molecular formula is C56H101O11P.